The second kappa shape index (κ2) is 8.16. The fourth-order valence-corrected chi connectivity index (χ4v) is 2.97. The highest BCUT2D eigenvalue weighted by atomic mass is 79.9. The number of anilines is 1. The van der Waals surface area contributed by atoms with E-state index in [4.69, 9.17) is 4.74 Å². The predicted octanol–water partition coefficient (Wildman–Crippen LogP) is 3.42. The third kappa shape index (κ3) is 5.85. The van der Waals surface area contributed by atoms with Crippen molar-refractivity contribution in [2.24, 2.45) is 0 Å². The lowest BCUT2D eigenvalue weighted by Gasteiger charge is -2.39. The molecule has 0 spiro atoms. The topological polar surface area (TPSA) is 108 Å². The Morgan fingerprint density at radius 2 is 1.70 bits per heavy atom. The molecule has 8 nitrogen and oxygen atoms in total. The van der Waals surface area contributed by atoms with Crippen LogP contribution in [0.15, 0.2) is 28.7 Å². The van der Waals surface area contributed by atoms with Gasteiger partial charge in [0.25, 0.3) is 0 Å². The highest BCUT2D eigenvalue weighted by Gasteiger charge is 2.44. The number of carboxylic acids is 1. The van der Waals surface area contributed by atoms with Gasteiger partial charge in [-0.3, -0.25) is 0 Å². The minimum absolute atomic E-state index is 0.0926. The quantitative estimate of drug-likeness (QED) is 0.665. The molecule has 1 fully saturated rings. The summed E-state index contributed by atoms with van der Waals surface area (Å²) in [7, 11) is 0. The summed E-state index contributed by atoms with van der Waals surface area (Å²) in [5.41, 5.74) is -1.51. The summed E-state index contributed by atoms with van der Waals surface area (Å²) in [5, 5.41) is 14.9. The average molecular weight is 442 g/mol. The van der Waals surface area contributed by atoms with Crippen LogP contribution in [0.25, 0.3) is 0 Å². The molecule has 27 heavy (non-hydrogen) atoms. The van der Waals surface area contributed by atoms with Gasteiger partial charge in [-0.05, 0) is 57.9 Å². The maximum absolute atomic E-state index is 12.3. The number of carbonyl (C=O) groups excluding carboxylic acids is 2. The molecule has 0 radical (unpaired) electrons. The van der Waals surface area contributed by atoms with Gasteiger partial charge in [0.15, 0.2) is 0 Å². The van der Waals surface area contributed by atoms with Crippen LogP contribution in [0.2, 0.25) is 0 Å². The van der Waals surface area contributed by atoms with Crippen LogP contribution in [0.3, 0.4) is 0 Å². The molecule has 3 N–H and O–H groups in total. The maximum Gasteiger partial charge on any atom is 0.410 e. The summed E-state index contributed by atoms with van der Waals surface area (Å²) in [6.45, 7) is 5.67. The van der Waals surface area contributed by atoms with Gasteiger partial charge in [-0.1, -0.05) is 15.9 Å². The molecular formula is C18H24BrN3O5. The zero-order valence-corrected chi connectivity index (χ0v) is 17.1. The number of aliphatic carboxylic acids is 1. The number of hydrogen-bond donors (Lipinski definition) is 3. The smallest absolute Gasteiger partial charge is 0.410 e. The van der Waals surface area contributed by atoms with Crippen molar-refractivity contribution in [1.82, 2.24) is 10.2 Å². The van der Waals surface area contributed by atoms with E-state index >= 15 is 0 Å². The van der Waals surface area contributed by atoms with Gasteiger partial charge in [0.2, 0.25) is 0 Å². The number of likely N-dealkylation sites (tertiary alicyclic amines) is 1. The first-order chi connectivity index (χ1) is 12.5. The molecule has 3 amide bonds. The average Bonchev–Trinajstić information content (AvgIpc) is 2.55. The highest BCUT2D eigenvalue weighted by molar-refractivity contribution is 9.10. The van der Waals surface area contributed by atoms with E-state index in [-0.39, 0.29) is 25.9 Å². The van der Waals surface area contributed by atoms with E-state index in [9.17, 15) is 19.5 Å². The van der Waals surface area contributed by atoms with Crippen molar-refractivity contribution in [2.45, 2.75) is 44.8 Å². The second-order valence-electron chi connectivity index (χ2n) is 7.44. The van der Waals surface area contributed by atoms with Crippen molar-refractivity contribution in [3.63, 3.8) is 0 Å². The van der Waals surface area contributed by atoms with Crippen LogP contribution >= 0.6 is 15.9 Å². The lowest BCUT2D eigenvalue weighted by molar-refractivity contribution is -0.146. The number of hydrogen-bond acceptors (Lipinski definition) is 4. The van der Waals surface area contributed by atoms with E-state index in [0.29, 0.717) is 5.69 Å². The number of ether oxygens (including phenoxy) is 1. The molecule has 0 unspecified atom stereocenters. The second-order valence-corrected chi connectivity index (χ2v) is 8.36. The van der Waals surface area contributed by atoms with Crippen LogP contribution in [0.4, 0.5) is 15.3 Å². The number of carbonyl (C=O) groups is 3. The van der Waals surface area contributed by atoms with Crippen LogP contribution in [-0.2, 0) is 9.53 Å². The first-order valence-corrected chi connectivity index (χ1v) is 9.36. The predicted molar refractivity (Wildman–Crippen MR) is 104 cm³/mol. The minimum atomic E-state index is -1.43. The largest absolute Gasteiger partial charge is 0.480 e. The summed E-state index contributed by atoms with van der Waals surface area (Å²) < 4.78 is 6.18. The van der Waals surface area contributed by atoms with Gasteiger partial charge in [-0.15, -0.1) is 0 Å². The van der Waals surface area contributed by atoms with Gasteiger partial charge < -0.3 is 25.4 Å². The molecule has 0 aromatic heterocycles. The number of nitrogens with one attached hydrogen (secondary N) is 2. The molecule has 0 aliphatic carbocycles. The van der Waals surface area contributed by atoms with Gasteiger partial charge in [0.1, 0.15) is 11.1 Å². The number of carboxylic acid groups (broad SMARTS) is 1. The van der Waals surface area contributed by atoms with Gasteiger partial charge >= 0.3 is 18.1 Å². The minimum Gasteiger partial charge on any atom is -0.480 e. The molecule has 1 aromatic carbocycles. The molecule has 9 heteroatoms. The van der Waals surface area contributed by atoms with Crippen molar-refractivity contribution >= 4 is 39.7 Å². The Morgan fingerprint density at radius 1 is 1.15 bits per heavy atom. The van der Waals surface area contributed by atoms with E-state index in [1.807, 2.05) is 0 Å². The number of rotatable bonds is 3. The number of urea groups is 1. The molecule has 1 aliphatic rings. The number of nitrogens with zero attached hydrogens (tertiary/aromatic N) is 1. The van der Waals surface area contributed by atoms with Crippen molar-refractivity contribution in [3.8, 4) is 0 Å². The monoisotopic (exact) mass is 441 g/mol. The van der Waals surface area contributed by atoms with Crippen LogP contribution in [0, 0.1) is 0 Å². The standard InChI is InChI=1S/C18H24BrN3O5/c1-17(2,3)27-16(26)22-10-8-18(9-11-22,14(23)24)21-15(25)20-13-6-4-12(19)5-7-13/h4-7H,8-11H2,1-3H3,(H,23,24)(H2,20,21,25). The van der Waals surface area contributed by atoms with E-state index in [1.54, 1.807) is 45.0 Å². The number of benzene rings is 1. The van der Waals surface area contributed by atoms with Gasteiger partial charge in [0, 0.05) is 23.2 Å². The van der Waals surface area contributed by atoms with Crippen LogP contribution in [0.5, 0.6) is 0 Å². The third-order valence-corrected chi connectivity index (χ3v) is 4.66. The lowest BCUT2D eigenvalue weighted by atomic mass is 9.87. The fourth-order valence-electron chi connectivity index (χ4n) is 2.70. The number of halogens is 1. The molecular weight excluding hydrogens is 418 g/mol. The van der Waals surface area contributed by atoms with Crippen LogP contribution in [0.1, 0.15) is 33.6 Å². The van der Waals surface area contributed by atoms with Crippen molar-refractivity contribution < 1.29 is 24.2 Å². The molecule has 148 valence electrons. The Balaban J connectivity index is 1.98. The van der Waals surface area contributed by atoms with Crippen molar-refractivity contribution in [1.29, 1.82) is 0 Å². The Morgan fingerprint density at radius 3 is 2.19 bits per heavy atom. The molecule has 0 saturated carbocycles. The van der Waals surface area contributed by atoms with Gasteiger partial charge in [-0.2, -0.15) is 0 Å². The Hall–Kier alpha value is -2.29. The van der Waals surface area contributed by atoms with Crippen LogP contribution in [-0.4, -0.2) is 52.3 Å². The molecule has 0 atom stereocenters. The Kier molecular flexibility index (Phi) is 6.35. The highest BCUT2D eigenvalue weighted by Crippen LogP contribution is 2.25. The zero-order valence-electron chi connectivity index (χ0n) is 15.5. The van der Waals surface area contributed by atoms with Crippen LogP contribution < -0.4 is 10.6 Å². The molecule has 1 saturated heterocycles. The SMILES string of the molecule is CC(C)(C)OC(=O)N1CCC(NC(=O)Nc2ccc(Br)cc2)(C(=O)O)CC1. The number of piperidine rings is 1. The molecule has 1 heterocycles. The summed E-state index contributed by atoms with van der Waals surface area (Å²) >= 11 is 3.31. The summed E-state index contributed by atoms with van der Waals surface area (Å²) in [6.07, 6.45) is -0.300. The number of amides is 3. The van der Waals surface area contributed by atoms with Gasteiger partial charge in [0.05, 0.1) is 0 Å². The molecule has 1 aliphatic heterocycles. The van der Waals surface area contributed by atoms with E-state index in [0.717, 1.165) is 4.47 Å². The summed E-state index contributed by atoms with van der Waals surface area (Å²) in [4.78, 5) is 37.7. The van der Waals surface area contributed by atoms with Gasteiger partial charge in [-0.25, -0.2) is 14.4 Å². The fraction of sp³-hybridized carbons (Fsp3) is 0.500. The first-order valence-electron chi connectivity index (χ1n) is 8.57. The van der Waals surface area contributed by atoms with Crippen molar-refractivity contribution in [3.05, 3.63) is 28.7 Å². The lowest BCUT2D eigenvalue weighted by Crippen LogP contribution is -2.61. The van der Waals surface area contributed by atoms with E-state index in [2.05, 4.69) is 26.6 Å². The van der Waals surface area contributed by atoms with E-state index in [1.165, 1.54) is 4.90 Å². The van der Waals surface area contributed by atoms with Crippen molar-refractivity contribution in [2.75, 3.05) is 18.4 Å². The summed E-state index contributed by atoms with van der Waals surface area (Å²) in [5.74, 6) is -1.13. The molecule has 2 rings (SSSR count). The molecule has 0 bridgehead atoms. The summed E-state index contributed by atoms with van der Waals surface area (Å²) in [6, 6.07) is 6.32. The van der Waals surface area contributed by atoms with E-state index < -0.39 is 29.2 Å². The zero-order chi connectivity index (χ0) is 20.2. The maximum atomic E-state index is 12.3. The molecule has 1 aromatic rings. The normalized spacial score (nSPS) is 16.4. The Bertz CT molecular complexity index is 707. The third-order valence-electron chi connectivity index (χ3n) is 4.13. The first kappa shape index (κ1) is 21.0. The Labute approximate surface area is 166 Å².